The Bertz CT molecular complexity index is 926. The Hall–Kier alpha value is -4.09. The van der Waals surface area contributed by atoms with E-state index in [1.54, 1.807) is 5.01 Å². The molecule has 2 aromatic rings. The molecule has 0 unspecified atom stereocenters. The van der Waals surface area contributed by atoms with E-state index < -0.39 is 37.5 Å². The first-order chi connectivity index (χ1) is 12.9. The maximum absolute atomic E-state index is 11.3. The van der Waals surface area contributed by atoms with Crippen LogP contribution in [0.5, 0.6) is 0 Å². The number of nitrogens with zero attached hydrogens (tertiary/aromatic N) is 5. The third-order valence-electron chi connectivity index (χ3n) is 3.81. The highest BCUT2D eigenvalue weighted by Gasteiger charge is 2.31. The molecule has 1 aliphatic heterocycles. The number of anilines is 1. The van der Waals surface area contributed by atoms with Gasteiger partial charge in [-0.15, -0.1) is 0 Å². The van der Waals surface area contributed by atoms with Crippen LogP contribution in [-0.2, 0) is 0 Å². The van der Waals surface area contributed by atoms with E-state index in [1.165, 1.54) is 0 Å². The Morgan fingerprint density at radius 3 is 2.04 bits per heavy atom. The number of para-hydroxylation sites is 1. The van der Waals surface area contributed by atoms with Crippen LogP contribution in [0, 0.1) is 30.3 Å². The lowest BCUT2D eigenvalue weighted by Crippen LogP contribution is -2.32. The average molecular weight is 372 g/mol. The van der Waals surface area contributed by atoms with Crippen molar-refractivity contribution in [2.45, 2.75) is 6.42 Å². The highest BCUT2D eigenvalue weighted by Crippen LogP contribution is 2.40. The number of nitro benzene ring substituents is 3. The van der Waals surface area contributed by atoms with Crippen LogP contribution >= 0.6 is 0 Å². The van der Waals surface area contributed by atoms with Gasteiger partial charge in [0.1, 0.15) is 5.84 Å². The summed E-state index contributed by atoms with van der Waals surface area (Å²) in [6.45, 7) is 0.497. The number of hydrazine groups is 1. The van der Waals surface area contributed by atoms with E-state index in [-0.39, 0.29) is 5.84 Å². The van der Waals surface area contributed by atoms with Crippen molar-refractivity contribution < 1.29 is 14.8 Å². The minimum atomic E-state index is -0.929. The van der Waals surface area contributed by atoms with Crippen molar-refractivity contribution in [1.82, 2.24) is 5.43 Å². The number of aliphatic imine (C=N–C) groups is 1. The molecule has 0 saturated carbocycles. The zero-order valence-corrected chi connectivity index (χ0v) is 13.6. The van der Waals surface area contributed by atoms with Gasteiger partial charge in [-0.05, 0) is 12.1 Å². The summed E-state index contributed by atoms with van der Waals surface area (Å²) in [5, 5.41) is 35.2. The highest BCUT2D eigenvalue weighted by atomic mass is 16.6. The van der Waals surface area contributed by atoms with Gasteiger partial charge < -0.3 is 0 Å². The van der Waals surface area contributed by atoms with Gasteiger partial charge in [0.05, 0.1) is 32.6 Å². The molecule has 0 aliphatic carbocycles. The molecule has 0 radical (unpaired) electrons. The molecule has 12 nitrogen and oxygen atoms in total. The molecule has 1 saturated heterocycles. The summed E-state index contributed by atoms with van der Waals surface area (Å²) in [5.41, 5.74) is 0.872. The summed E-state index contributed by atoms with van der Waals surface area (Å²) in [7, 11) is 0. The number of hydrogen-bond donors (Lipinski definition) is 1. The predicted molar refractivity (Wildman–Crippen MR) is 95.0 cm³/mol. The summed E-state index contributed by atoms with van der Waals surface area (Å²) in [6.07, 6.45) is 0.361. The largest absolute Gasteiger partial charge is 0.308 e. The Morgan fingerprint density at radius 1 is 0.926 bits per heavy atom. The Kier molecular flexibility index (Phi) is 4.62. The second-order valence-corrected chi connectivity index (χ2v) is 5.51. The molecule has 0 amide bonds. The highest BCUT2D eigenvalue weighted by molar-refractivity contribution is 5.92. The van der Waals surface area contributed by atoms with E-state index in [4.69, 9.17) is 0 Å². The number of rotatable bonds is 5. The maximum atomic E-state index is 11.3. The minimum absolute atomic E-state index is 0.277. The molecule has 0 spiro atoms. The fraction of sp³-hybridized carbons (Fsp3) is 0.133. The zero-order valence-electron chi connectivity index (χ0n) is 13.6. The van der Waals surface area contributed by atoms with Crippen molar-refractivity contribution in [1.29, 1.82) is 0 Å². The van der Waals surface area contributed by atoms with Crippen LogP contribution in [0.1, 0.15) is 6.42 Å². The first-order valence-electron chi connectivity index (χ1n) is 7.65. The molecule has 0 bridgehead atoms. The lowest BCUT2D eigenvalue weighted by atomic mass is 10.2. The van der Waals surface area contributed by atoms with Crippen LogP contribution in [0.15, 0.2) is 47.5 Å². The van der Waals surface area contributed by atoms with Gasteiger partial charge in [-0.3, -0.25) is 40.8 Å². The average Bonchev–Trinajstić information content (AvgIpc) is 3.10. The van der Waals surface area contributed by atoms with Crippen molar-refractivity contribution in [3.05, 3.63) is 72.8 Å². The monoisotopic (exact) mass is 372 g/mol. The van der Waals surface area contributed by atoms with Crippen LogP contribution in [0.3, 0.4) is 0 Å². The van der Waals surface area contributed by atoms with Crippen molar-refractivity contribution in [3.8, 4) is 0 Å². The second-order valence-electron chi connectivity index (χ2n) is 5.51. The second kappa shape index (κ2) is 7.03. The molecule has 1 N–H and O–H groups in total. The van der Waals surface area contributed by atoms with E-state index in [0.29, 0.717) is 25.1 Å². The van der Waals surface area contributed by atoms with E-state index >= 15 is 0 Å². The van der Waals surface area contributed by atoms with Gasteiger partial charge in [-0.1, -0.05) is 18.2 Å². The van der Waals surface area contributed by atoms with Crippen LogP contribution in [-0.4, -0.2) is 27.2 Å². The van der Waals surface area contributed by atoms with Crippen molar-refractivity contribution >= 4 is 34.3 Å². The van der Waals surface area contributed by atoms with Crippen molar-refractivity contribution in [3.63, 3.8) is 0 Å². The number of amidine groups is 1. The molecule has 1 aliphatic rings. The zero-order chi connectivity index (χ0) is 19.6. The van der Waals surface area contributed by atoms with Gasteiger partial charge in [-0.2, -0.15) is 0 Å². The van der Waals surface area contributed by atoms with Gasteiger partial charge in [0.15, 0.2) is 0 Å². The number of benzene rings is 2. The van der Waals surface area contributed by atoms with Crippen molar-refractivity contribution in [2.75, 3.05) is 11.6 Å². The summed E-state index contributed by atoms with van der Waals surface area (Å²) < 4.78 is 0. The molecule has 3 rings (SSSR count). The quantitative estimate of drug-likeness (QED) is 0.620. The van der Waals surface area contributed by atoms with E-state index in [9.17, 15) is 30.3 Å². The third kappa shape index (κ3) is 3.63. The molecule has 138 valence electrons. The van der Waals surface area contributed by atoms with Crippen LogP contribution in [0.4, 0.5) is 28.4 Å². The van der Waals surface area contributed by atoms with Gasteiger partial charge in [0, 0.05) is 13.0 Å². The fourth-order valence-corrected chi connectivity index (χ4v) is 2.59. The molecule has 1 heterocycles. The molecule has 1 fully saturated rings. The third-order valence-corrected chi connectivity index (χ3v) is 3.81. The summed E-state index contributed by atoms with van der Waals surface area (Å²) in [6, 6.07) is 10.5. The smallest absolute Gasteiger partial charge is 0.286 e. The molecule has 27 heavy (non-hydrogen) atoms. The normalized spacial score (nSPS) is 14.8. The number of nitrogens with one attached hydrogen (secondary N) is 1. The predicted octanol–water partition coefficient (Wildman–Crippen LogP) is 2.86. The standard InChI is InChI=1S/C15H12N6O6/c22-19(23)11-8-12(20(24)25)15(13(9-11)21(26)27)16-14-6-7-18(17-14)10-4-2-1-3-5-10/h1-5,8-9H,6-7H2,(H,16,17). The molecule has 0 aromatic heterocycles. The maximum Gasteiger partial charge on any atom is 0.308 e. The summed E-state index contributed by atoms with van der Waals surface area (Å²) in [4.78, 5) is 34.7. The van der Waals surface area contributed by atoms with Crippen molar-refractivity contribution in [2.24, 2.45) is 4.99 Å². The molecular formula is C15H12N6O6. The number of hydrogen-bond acceptors (Lipinski definition) is 8. The topological polar surface area (TPSA) is 157 Å². The molecular weight excluding hydrogens is 360 g/mol. The molecule has 2 aromatic carbocycles. The van der Waals surface area contributed by atoms with Gasteiger partial charge in [0.25, 0.3) is 5.69 Å². The van der Waals surface area contributed by atoms with E-state index in [0.717, 1.165) is 5.69 Å². The summed E-state index contributed by atoms with van der Waals surface area (Å²) >= 11 is 0. The molecule has 12 heteroatoms. The van der Waals surface area contributed by atoms with E-state index in [2.05, 4.69) is 10.4 Å². The molecule has 0 atom stereocenters. The van der Waals surface area contributed by atoms with E-state index in [1.807, 2.05) is 30.3 Å². The number of nitro groups is 3. The van der Waals surface area contributed by atoms with Gasteiger partial charge in [0.2, 0.25) is 5.69 Å². The lowest BCUT2D eigenvalue weighted by Gasteiger charge is -2.17. The SMILES string of the molecule is O=[N+]([O-])c1cc([N+](=O)[O-])c(N=C2CCN(c3ccccc3)N2)c([N+](=O)[O-])c1. The van der Waals surface area contributed by atoms with Crippen LogP contribution in [0.2, 0.25) is 0 Å². The Balaban J connectivity index is 2.03. The van der Waals surface area contributed by atoms with Gasteiger partial charge in [-0.25, -0.2) is 4.99 Å². The van der Waals surface area contributed by atoms with Gasteiger partial charge >= 0.3 is 11.4 Å². The Labute approximate surface area is 151 Å². The summed E-state index contributed by atoms with van der Waals surface area (Å²) in [5.74, 6) is 0.277. The first kappa shape index (κ1) is 17.7. The Morgan fingerprint density at radius 2 is 1.52 bits per heavy atom. The van der Waals surface area contributed by atoms with Crippen LogP contribution < -0.4 is 10.4 Å². The first-order valence-corrected chi connectivity index (χ1v) is 7.65. The lowest BCUT2D eigenvalue weighted by molar-refractivity contribution is -0.402. The fourth-order valence-electron chi connectivity index (χ4n) is 2.59. The number of non-ortho nitro benzene ring substituents is 1. The van der Waals surface area contributed by atoms with Crippen LogP contribution in [0.25, 0.3) is 0 Å². The minimum Gasteiger partial charge on any atom is -0.286 e.